The van der Waals surface area contributed by atoms with Gasteiger partial charge >= 0.3 is 0 Å². The van der Waals surface area contributed by atoms with Crippen LogP contribution in [0.25, 0.3) is 0 Å². The number of benzene rings is 1. The summed E-state index contributed by atoms with van der Waals surface area (Å²) in [5.74, 6) is 0.824. The fourth-order valence-corrected chi connectivity index (χ4v) is 5.13. The van der Waals surface area contributed by atoms with Gasteiger partial charge in [0.1, 0.15) is 17.7 Å². The summed E-state index contributed by atoms with van der Waals surface area (Å²) in [5, 5.41) is 0. The molecule has 3 aliphatic heterocycles. The third-order valence-corrected chi connectivity index (χ3v) is 6.70. The van der Waals surface area contributed by atoms with Crippen molar-refractivity contribution < 1.29 is 13.5 Å². The molecule has 1 aromatic carbocycles. The maximum absolute atomic E-state index is 14.1. The van der Waals surface area contributed by atoms with Crippen LogP contribution < -0.4 is 5.73 Å². The number of halogens is 2. The van der Waals surface area contributed by atoms with Gasteiger partial charge in [-0.05, 0) is 43.4 Å². The van der Waals surface area contributed by atoms with E-state index in [9.17, 15) is 8.78 Å². The molecule has 0 aromatic heterocycles. The Kier molecular flexibility index (Phi) is 4.27. The van der Waals surface area contributed by atoms with E-state index < -0.39 is 17.7 Å². The molecular formula is C20H27F2N3O. The largest absolute Gasteiger partial charge is 0.370 e. The highest BCUT2D eigenvalue weighted by Crippen LogP contribution is 2.40. The van der Waals surface area contributed by atoms with Crippen molar-refractivity contribution in [2.45, 2.75) is 43.5 Å². The van der Waals surface area contributed by atoms with Gasteiger partial charge in [-0.1, -0.05) is 0 Å². The van der Waals surface area contributed by atoms with Crippen LogP contribution in [0.2, 0.25) is 0 Å². The van der Waals surface area contributed by atoms with Crippen molar-refractivity contribution in [3.63, 3.8) is 0 Å². The number of nitrogens with two attached hydrogens (primary N) is 1. The minimum absolute atomic E-state index is 0.244. The molecule has 142 valence electrons. The number of ether oxygens (including phenoxy) is 1. The first-order chi connectivity index (χ1) is 12.6. The van der Waals surface area contributed by atoms with E-state index in [1.807, 2.05) is 0 Å². The van der Waals surface area contributed by atoms with Gasteiger partial charge in [-0.2, -0.15) is 0 Å². The average Bonchev–Trinajstić information content (AvgIpc) is 3.36. The molecule has 3 saturated heterocycles. The van der Waals surface area contributed by atoms with Crippen molar-refractivity contribution >= 4 is 0 Å². The molecule has 0 bridgehead atoms. The van der Waals surface area contributed by atoms with E-state index in [0.29, 0.717) is 18.7 Å². The zero-order chi connectivity index (χ0) is 17.8. The smallest absolute Gasteiger partial charge is 0.129 e. The normalized spacial score (nSPS) is 38.2. The Morgan fingerprint density at radius 3 is 2.77 bits per heavy atom. The predicted molar refractivity (Wildman–Crippen MR) is 94.6 cm³/mol. The predicted octanol–water partition coefficient (Wildman–Crippen LogP) is 2.15. The number of hydrogen-bond acceptors (Lipinski definition) is 4. The number of hydrogen-bond donors (Lipinski definition) is 1. The second-order valence-corrected chi connectivity index (χ2v) is 8.66. The van der Waals surface area contributed by atoms with Crippen LogP contribution in [-0.2, 0) is 4.74 Å². The zero-order valence-corrected chi connectivity index (χ0v) is 15.0. The van der Waals surface area contributed by atoms with Gasteiger partial charge in [0.2, 0.25) is 0 Å². The standard InChI is InChI=1S/C20H27F2N3O/c21-14-3-4-17(22)16(5-14)20-18(23)6-15(11-26-20)25-9-13-8-24(10-19(13)25)7-12-1-2-12/h3-5,12-13,15,18-20H,1-2,6-11,23H2. The number of nitrogens with zero attached hydrogens (tertiary/aromatic N) is 2. The van der Waals surface area contributed by atoms with Crippen molar-refractivity contribution in [1.82, 2.24) is 9.80 Å². The van der Waals surface area contributed by atoms with E-state index in [1.54, 1.807) is 0 Å². The minimum atomic E-state index is -0.561. The first kappa shape index (κ1) is 17.0. The van der Waals surface area contributed by atoms with Crippen molar-refractivity contribution in [3.05, 3.63) is 35.4 Å². The average molecular weight is 363 g/mol. The van der Waals surface area contributed by atoms with Crippen molar-refractivity contribution in [2.75, 3.05) is 32.8 Å². The summed E-state index contributed by atoms with van der Waals surface area (Å²) >= 11 is 0. The van der Waals surface area contributed by atoms with Crippen LogP contribution >= 0.6 is 0 Å². The van der Waals surface area contributed by atoms with Gasteiger partial charge in [-0.3, -0.25) is 4.90 Å². The molecule has 3 heterocycles. The molecule has 0 spiro atoms. The second-order valence-electron chi connectivity index (χ2n) is 8.66. The molecule has 2 N–H and O–H groups in total. The van der Waals surface area contributed by atoms with Gasteiger partial charge in [0.05, 0.1) is 6.61 Å². The molecule has 5 atom stereocenters. The minimum Gasteiger partial charge on any atom is -0.370 e. The number of rotatable bonds is 4. The molecule has 4 aliphatic rings. The fourth-order valence-electron chi connectivity index (χ4n) is 5.13. The second kappa shape index (κ2) is 6.51. The Balaban J connectivity index is 1.21. The molecular weight excluding hydrogens is 336 g/mol. The SMILES string of the molecule is NC1CC(N2CC3CN(CC4CC4)CC32)COC1c1cc(F)ccc1F. The third kappa shape index (κ3) is 3.07. The molecule has 4 fully saturated rings. The van der Waals surface area contributed by atoms with Gasteiger partial charge < -0.3 is 15.4 Å². The monoisotopic (exact) mass is 363 g/mol. The lowest BCUT2D eigenvalue weighted by Gasteiger charge is -2.51. The maximum atomic E-state index is 14.1. The molecule has 0 amide bonds. The lowest BCUT2D eigenvalue weighted by molar-refractivity contribution is -0.0937. The van der Waals surface area contributed by atoms with Crippen LogP contribution in [0.4, 0.5) is 8.78 Å². The molecule has 6 heteroatoms. The highest BCUT2D eigenvalue weighted by molar-refractivity contribution is 5.23. The Morgan fingerprint density at radius 2 is 2.00 bits per heavy atom. The molecule has 1 aliphatic carbocycles. The van der Waals surface area contributed by atoms with Gasteiger partial charge in [0, 0.05) is 55.8 Å². The van der Waals surface area contributed by atoms with Crippen molar-refractivity contribution in [1.29, 1.82) is 0 Å². The van der Waals surface area contributed by atoms with Gasteiger partial charge in [-0.15, -0.1) is 0 Å². The third-order valence-electron chi connectivity index (χ3n) is 6.70. The lowest BCUT2D eigenvalue weighted by Crippen LogP contribution is -2.63. The van der Waals surface area contributed by atoms with E-state index in [1.165, 1.54) is 32.0 Å². The fraction of sp³-hybridized carbons (Fsp3) is 0.700. The van der Waals surface area contributed by atoms with E-state index >= 15 is 0 Å². The first-order valence-electron chi connectivity index (χ1n) is 9.88. The maximum Gasteiger partial charge on any atom is 0.129 e. The lowest BCUT2D eigenvalue weighted by atomic mass is 9.86. The van der Waals surface area contributed by atoms with Crippen molar-refractivity contribution in [3.8, 4) is 0 Å². The van der Waals surface area contributed by atoms with E-state index in [0.717, 1.165) is 43.5 Å². The molecule has 1 aromatic rings. The van der Waals surface area contributed by atoms with Crippen LogP contribution in [0.15, 0.2) is 18.2 Å². The van der Waals surface area contributed by atoms with E-state index in [2.05, 4.69) is 9.80 Å². The van der Waals surface area contributed by atoms with Crippen LogP contribution in [0.3, 0.4) is 0 Å². The summed E-state index contributed by atoms with van der Waals surface area (Å²) in [6.45, 7) is 5.32. The summed E-state index contributed by atoms with van der Waals surface area (Å²) < 4.78 is 33.5. The molecule has 0 radical (unpaired) electrons. The summed E-state index contributed by atoms with van der Waals surface area (Å²) in [5.41, 5.74) is 6.57. The Hall–Kier alpha value is -1.08. The van der Waals surface area contributed by atoms with Gasteiger partial charge in [-0.25, -0.2) is 8.78 Å². The van der Waals surface area contributed by atoms with E-state index in [4.69, 9.17) is 10.5 Å². The van der Waals surface area contributed by atoms with Gasteiger partial charge in [0.15, 0.2) is 0 Å². The number of likely N-dealkylation sites (tertiary alicyclic amines) is 2. The molecule has 5 unspecified atom stereocenters. The first-order valence-corrected chi connectivity index (χ1v) is 9.88. The van der Waals surface area contributed by atoms with Crippen LogP contribution in [0.1, 0.15) is 30.9 Å². The topological polar surface area (TPSA) is 41.7 Å². The Labute approximate surface area is 153 Å². The summed E-state index contributed by atoms with van der Waals surface area (Å²) in [4.78, 5) is 5.16. The van der Waals surface area contributed by atoms with Crippen molar-refractivity contribution in [2.24, 2.45) is 17.6 Å². The van der Waals surface area contributed by atoms with Crippen LogP contribution in [0.5, 0.6) is 0 Å². The van der Waals surface area contributed by atoms with Crippen LogP contribution in [-0.4, -0.2) is 60.7 Å². The molecule has 5 rings (SSSR count). The highest BCUT2D eigenvalue weighted by atomic mass is 19.1. The summed E-state index contributed by atoms with van der Waals surface area (Å²) in [6.07, 6.45) is 3.01. The molecule has 26 heavy (non-hydrogen) atoms. The Bertz CT molecular complexity index is 683. The highest BCUT2D eigenvalue weighted by Gasteiger charge is 2.50. The van der Waals surface area contributed by atoms with Gasteiger partial charge in [0.25, 0.3) is 0 Å². The summed E-state index contributed by atoms with van der Waals surface area (Å²) in [7, 11) is 0. The Morgan fingerprint density at radius 1 is 1.15 bits per heavy atom. The molecule has 4 nitrogen and oxygen atoms in total. The van der Waals surface area contributed by atoms with E-state index in [-0.39, 0.29) is 11.6 Å². The zero-order valence-electron chi connectivity index (χ0n) is 15.0. The number of fused-ring (bicyclic) bond motifs is 1. The summed E-state index contributed by atoms with van der Waals surface area (Å²) in [6, 6.07) is 4.10. The molecule has 1 saturated carbocycles. The van der Waals surface area contributed by atoms with Crippen LogP contribution in [0, 0.1) is 23.5 Å². The quantitative estimate of drug-likeness (QED) is 0.890.